The molecule has 2 heterocycles. The van der Waals surface area contributed by atoms with Gasteiger partial charge in [-0.15, -0.1) is 0 Å². The third kappa shape index (κ3) is 17.9. The van der Waals surface area contributed by atoms with E-state index in [0.29, 0.717) is 49.4 Å². The second-order valence-electron chi connectivity index (χ2n) is 24.9. The monoisotopic (exact) mass is 1260 g/mol. The molecule has 6 aromatic rings. The molecule has 2 aliphatic heterocycles. The van der Waals surface area contributed by atoms with Gasteiger partial charge in [0.1, 0.15) is 60.9 Å². The van der Waals surface area contributed by atoms with Crippen molar-refractivity contribution >= 4 is 70.9 Å². The van der Waals surface area contributed by atoms with Gasteiger partial charge in [-0.3, -0.25) is 30.2 Å². The van der Waals surface area contributed by atoms with Gasteiger partial charge in [-0.2, -0.15) is 0 Å². The van der Waals surface area contributed by atoms with E-state index >= 15 is 0 Å². The molecule has 0 fully saturated rings. The third-order valence-corrected chi connectivity index (χ3v) is 18.1. The van der Waals surface area contributed by atoms with Crippen LogP contribution in [0.1, 0.15) is 116 Å². The van der Waals surface area contributed by atoms with E-state index in [4.69, 9.17) is 33.2 Å². The molecule has 0 radical (unpaired) electrons. The summed E-state index contributed by atoms with van der Waals surface area (Å²) in [6, 6.07) is 25.2. The minimum absolute atomic E-state index is 0.107. The van der Waals surface area contributed by atoms with E-state index in [1.807, 2.05) is 0 Å². The molecule has 0 atom stereocenters. The molecular weight excluding hydrogens is 1190 g/mol. The molecular formula is C66H78N4O13S4. The molecule has 8 rings (SSSR count). The van der Waals surface area contributed by atoms with Crippen LogP contribution in [0.5, 0.6) is 34.5 Å². The Bertz CT molecular complexity index is 3200. The fourth-order valence-electron chi connectivity index (χ4n) is 8.88. The van der Waals surface area contributed by atoms with Gasteiger partial charge < -0.3 is 43.4 Å². The van der Waals surface area contributed by atoms with Gasteiger partial charge in [-0.1, -0.05) is 130 Å². The van der Waals surface area contributed by atoms with Crippen molar-refractivity contribution in [3.8, 4) is 34.5 Å². The largest absolute Gasteiger partial charge is 0.507 e. The van der Waals surface area contributed by atoms with Crippen molar-refractivity contribution in [1.29, 1.82) is 0 Å². The van der Waals surface area contributed by atoms with Crippen molar-refractivity contribution in [2.75, 3.05) is 79.2 Å². The van der Waals surface area contributed by atoms with E-state index < -0.39 is 9.85 Å². The Labute approximate surface area is 527 Å². The highest BCUT2D eigenvalue weighted by molar-refractivity contribution is 8.01. The first-order valence-corrected chi connectivity index (χ1v) is 32.0. The van der Waals surface area contributed by atoms with E-state index in [1.54, 1.807) is 47.0 Å². The van der Waals surface area contributed by atoms with Crippen LogP contribution in [-0.4, -0.2) is 112 Å². The number of phenols is 2. The zero-order valence-electron chi connectivity index (χ0n) is 51.5. The van der Waals surface area contributed by atoms with Crippen molar-refractivity contribution in [2.45, 2.75) is 144 Å². The van der Waals surface area contributed by atoms with Crippen LogP contribution < -0.4 is 18.9 Å². The topological polar surface area (TPSA) is 216 Å². The summed E-state index contributed by atoms with van der Waals surface area (Å²) in [5.41, 5.74) is 2.97. The predicted octanol–water partition coefficient (Wildman–Crippen LogP) is 15.8. The molecule has 87 heavy (non-hydrogen) atoms. The maximum absolute atomic E-state index is 11.7. The maximum atomic E-state index is 11.7. The Kier molecular flexibility index (Phi) is 22.0. The molecule has 17 nitrogen and oxygen atoms in total. The minimum atomic E-state index is -0.513. The summed E-state index contributed by atoms with van der Waals surface area (Å²) in [7, 11) is 0. The van der Waals surface area contributed by atoms with Crippen LogP contribution in [0, 0.1) is 20.2 Å². The number of hydrogen-bond donors (Lipinski definition) is 2. The Morgan fingerprint density at radius 3 is 1.00 bits per heavy atom. The van der Waals surface area contributed by atoms with Crippen LogP contribution in [0.15, 0.2) is 134 Å². The molecule has 2 N–H and O–H groups in total. The summed E-state index contributed by atoms with van der Waals surface area (Å²) in [6.45, 7) is 29.2. The Balaban J connectivity index is 1.39. The molecule has 21 heteroatoms. The number of nitro benzene ring substituents is 2. The first-order valence-electron chi connectivity index (χ1n) is 28.8. The molecule has 464 valence electrons. The second kappa shape index (κ2) is 28.8. The summed E-state index contributed by atoms with van der Waals surface area (Å²) in [5.74, 6) is 2.21. The zero-order valence-corrected chi connectivity index (χ0v) is 54.8. The summed E-state index contributed by atoms with van der Waals surface area (Å²) >= 11 is 6.18. The van der Waals surface area contributed by atoms with Crippen LogP contribution in [0.25, 0.3) is 0 Å². The number of rotatable bonds is 12. The smallest absolute Gasteiger partial charge is 0.270 e. The van der Waals surface area contributed by atoms with Crippen molar-refractivity contribution in [2.24, 2.45) is 9.98 Å². The number of benzene rings is 6. The summed E-state index contributed by atoms with van der Waals surface area (Å²) in [6.07, 6.45) is 2.85. The van der Waals surface area contributed by atoms with Crippen LogP contribution >= 0.6 is 47.0 Å². The first-order chi connectivity index (χ1) is 41.1. The molecule has 10 bridgehead atoms. The molecule has 0 saturated carbocycles. The Hall–Kier alpha value is -6.46. The van der Waals surface area contributed by atoms with Gasteiger partial charge in [-0.25, -0.2) is 0 Å². The van der Waals surface area contributed by atoms with E-state index in [2.05, 4.69) is 142 Å². The number of nitro groups is 2. The molecule has 0 aliphatic carbocycles. The lowest BCUT2D eigenvalue weighted by molar-refractivity contribution is -0.385. The minimum Gasteiger partial charge on any atom is -0.507 e. The fraction of sp³-hybridized carbons (Fsp3) is 0.424. The summed E-state index contributed by atoms with van der Waals surface area (Å²) in [4.78, 5) is 38.1. The summed E-state index contributed by atoms with van der Waals surface area (Å²) < 4.78 is 46.3. The first kappa shape index (κ1) is 66.5. The lowest BCUT2D eigenvalue weighted by Crippen LogP contribution is -2.16. The average molecular weight is 1260 g/mol. The van der Waals surface area contributed by atoms with E-state index in [0.717, 1.165) is 61.4 Å². The highest BCUT2D eigenvalue weighted by atomic mass is 32.2. The van der Waals surface area contributed by atoms with E-state index in [-0.39, 0.29) is 108 Å². The zero-order chi connectivity index (χ0) is 62.8. The van der Waals surface area contributed by atoms with Crippen LogP contribution in [0.4, 0.5) is 11.4 Å². The van der Waals surface area contributed by atoms with Gasteiger partial charge in [0.05, 0.1) is 102 Å². The molecule has 0 aromatic heterocycles. The number of aliphatic imine (C=N–C) groups is 2. The van der Waals surface area contributed by atoms with Gasteiger partial charge in [0.2, 0.25) is 0 Å². The number of fused-ring (bicyclic) bond motifs is 2. The fourth-order valence-corrected chi connectivity index (χ4v) is 13.7. The highest BCUT2D eigenvalue weighted by Crippen LogP contribution is 2.56. The predicted molar refractivity (Wildman–Crippen MR) is 346 cm³/mol. The van der Waals surface area contributed by atoms with Crippen LogP contribution in [0.3, 0.4) is 0 Å². The molecule has 0 spiro atoms. The molecule has 2 aliphatic rings. The van der Waals surface area contributed by atoms with Crippen molar-refractivity contribution in [3.63, 3.8) is 0 Å². The standard InChI is InChI=1S/C66H78N4O13S4/c1-63(2,3)43-31-51-59(80-19-17-67-39-41-29-47(69(73)74)13-15-49(41)71)52(32-43)85-56-36-46(66(10,11)12)38-58-62(56)83-28-26-79-24-22-77-21-23-78-25-27-82-61-55(84-51)35-45(65(7,8)9)37-57(61)86-53-33-44(64(4,5)6)34-54(87-58)60(53)81-20-18-68-40-42-30-48(70(75)76)14-16-50(42)72/h13-16,29-40,71-72H,17-28H2,1-12H3. The summed E-state index contributed by atoms with van der Waals surface area (Å²) in [5, 5.41) is 44.6. The maximum Gasteiger partial charge on any atom is 0.270 e. The molecule has 0 saturated heterocycles. The van der Waals surface area contributed by atoms with Gasteiger partial charge in [-0.05, 0) is 105 Å². The Morgan fingerprint density at radius 1 is 0.448 bits per heavy atom. The number of non-ortho nitro benzene ring substituents is 2. The third-order valence-electron chi connectivity index (χ3n) is 14.0. The number of hydrogen-bond acceptors (Lipinski definition) is 19. The molecule has 0 unspecified atom stereocenters. The Morgan fingerprint density at radius 2 is 0.724 bits per heavy atom. The molecule has 0 amide bonds. The van der Waals surface area contributed by atoms with Crippen molar-refractivity contribution < 1.29 is 53.2 Å². The van der Waals surface area contributed by atoms with Crippen LogP contribution in [0.2, 0.25) is 0 Å². The van der Waals surface area contributed by atoms with Gasteiger partial charge in [0.25, 0.3) is 11.4 Å². The normalized spacial score (nSPS) is 15.0. The number of ether oxygens (including phenoxy) is 7. The lowest BCUT2D eigenvalue weighted by Gasteiger charge is -2.28. The van der Waals surface area contributed by atoms with Crippen molar-refractivity contribution in [1.82, 2.24) is 0 Å². The highest BCUT2D eigenvalue weighted by Gasteiger charge is 2.31. The lowest BCUT2D eigenvalue weighted by atomic mass is 9.87. The molecule has 6 aromatic carbocycles. The van der Waals surface area contributed by atoms with E-state index in [1.165, 1.54) is 48.8 Å². The van der Waals surface area contributed by atoms with Crippen LogP contribution in [-0.2, 0) is 35.9 Å². The number of phenolic OH excluding ortho intramolecular Hbond substituents is 2. The number of nitrogens with zero attached hydrogens (tertiary/aromatic N) is 4. The number of aromatic hydroxyl groups is 2. The average Bonchev–Trinajstić information content (AvgIpc) is 0.886. The second-order valence-corrected chi connectivity index (χ2v) is 29.3. The van der Waals surface area contributed by atoms with E-state index in [9.17, 15) is 30.4 Å². The van der Waals surface area contributed by atoms with Gasteiger partial charge >= 0.3 is 0 Å². The van der Waals surface area contributed by atoms with Gasteiger partial charge in [0.15, 0.2) is 0 Å². The quantitative estimate of drug-likeness (QED) is 0.0503. The SMILES string of the molecule is CC(C)(C)c1cc2c(OCCN=Cc3cc([N+](=O)[O-])ccc3O)c(c1)Sc1cc(C(C)(C)C)cc3c1OCCOCCOCCOCCOc1c(cc(C(C)(C)C)cc1Sc1cc(C(C)(C)C)cc(c1OCCN=Cc1cc([N+](=O)[O-])ccc1O)S3)S2. The van der Waals surface area contributed by atoms with Crippen molar-refractivity contribution in [3.05, 3.63) is 139 Å². The van der Waals surface area contributed by atoms with Gasteiger partial charge in [0, 0.05) is 47.8 Å².